The normalized spacial score (nSPS) is 10.7. The van der Waals surface area contributed by atoms with Crippen molar-refractivity contribution in [2.24, 2.45) is 0 Å². The first-order valence-electron chi connectivity index (χ1n) is 7.32. The van der Waals surface area contributed by atoms with Gasteiger partial charge < -0.3 is 9.47 Å². The fourth-order valence-corrected chi connectivity index (χ4v) is 2.44. The molecule has 3 rings (SSSR count). The largest absolute Gasteiger partial charge is 0.514 e. The molecule has 0 saturated heterocycles. The van der Waals surface area contributed by atoms with Gasteiger partial charge in [-0.15, -0.1) is 0 Å². The molecule has 0 atom stereocenters. The van der Waals surface area contributed by atoms with Crippen LogP contribution in [0.15, 0.2) is 47.4 Å². The first-order chi connectivity index (χ1) is 12.0. The molecule has 3 aromatic rings. The summed E-state index contributed by atoms with van der Waals surface area (Å²) in [6.07, 6.45) is 0.157. The van der Waals surface area contributed by atoms with E-state index in [0.717, 1.165) is 0 Å². The van der Waals surface area contributed by atoms with Gasteiger partial charge in [-0.05, 0) is 31.2 Å². The second-order valence-electron chi connectivity index (χ2n) is 4.93. The minimum atomic E-state index is -1.03. The zero-order valence-electron chi connectivity index (χ0n) is 13.0. The molecular weight excluding hydrogens is 351 g/mol. The Balaban J connectivity index is 2.29. The number of carbonyl (C=O) groups is 1. The number of nitrogens with zero attached hydrogens (tertiary/aromatic N) is 2. The monoisotopic (exact) mass is 362 g/mol. The first-order valence-corrected chi connectivity index (χ1v) is 7.70. The van der Waals surface area contributed by atoms with E-state index in [4.69, 9.17) is 16.3 Å². The van der Waals surface area contributed by atoms with E-state index in [9.17, 15) is 14.0 Å². The average Bonchev–Trinajstić information content (AvgIpc) is 2.58. The van der Waals surface area contributed by atoms with Crippen LogP contribution in [0.4, 0.5) is 9.18 Å². The van der Waals surface area contributed by atoms with Crippen molar-refractivity contribution in [2.45, 2.75) is 6.92 Å². The standard InChI is InChI=1S/C17H12ClFN2O4/c1-2-24-17(23)25-13-9-21(12-6-4-3-5-11(12)19)16-10(15(13)22)7-8-14(18)20-16/h3-9H,2H2,1H3. The predicted molar refractivity (Wildman–Crippen MR) is 90.0 cm³/mol. The number of fused-ring (bicyclic) bond motifs is 1. The molecule has 1 aromatic carbocycles. The van der Waals surface area contributed by atoms with E-state index < -0.39 is 17.4 Å². The SMILES string of the molecule is CCOC(=O)Oc1cn(-c2ccccc2F)c2nc(Cl)ccc2c1=O. The number of ether oxygens (including phenoxy) is 2. The molecule has 0 bridgehead atoms. The summed E-state index contributed by atoms with van der Waals surface area (Å²) in [5.41, 5.74) is -0.324. The maximum Gasteiger partial charge on any atom is 0.514 e. The summed E-state index contributed by atoms with van der Waals surface area (Å²) >= 11 is 5.91. The van der Waals surface area contributed by atoms with E-state index in [-0.39, 0.29) is 34.2 Å². The fourth-order valence-electron chi connectivity index (χ4n) is 2.30. The molecule has 6 nitrogen and oxygen atoms in total. The number of hydrogen-bond donors (Lipinski definition) is 0. The van der Waals surface area contributed by atoms with Gasteiger partial charge in [-0.2, -0.15) is 0 Å². The summed E-state index contributed by atoms with van der Waals surface area (Å²) in [6, 6.07) is 8.76. The minimum absolute atomic E-state index is 0.0884. The van der Waals surface area contributed by atoms with Crippen molar-refractivity contribution in [2.75, 3.05) is 6.61 Å². The van der Waals surface area contributed by atoms with E-state index in [2.05, 4.69) is 9.72 Å². The van der Waals surface area contributed by atoms with Crippen LogP contribution >= 0.6 is 11.6 Å². The molecule has 0 saturated carbocycles. The smallest absolute Gasteiger partial charge is 0.434 e. The van der Waals surface area contributed by atoms with Crippen molar-refractivity contribution in [3.05, 3.63) is 63.8 Å². The van der Waals surface area contributed by atoms with Gasteiger partial charge in [0.05, 0.1) is 23.9 Å². The third-order valence-corrected chi connectivity index (χ3v) is 3.56. The molecule has 0 aliphatic rings. The molecule has 0 unspecified atom stereocenters. The molecule has 0 aliphatic heterocycles. The van der Waals surface area contributed by atoms with Crippen LogP contribution in [-0.4, -0.2) is 22.3 Å². The molecule has 0 N–H and O–H groups in total. The zero-order chi connectivity index (χ0) is 18.0. The van der Waals surface area contributed by atoms with Gasteiger partial charge in [0, 0.05) is 0 Å². The summed E-state index contributed by atoms with van der Waals surface area (Å²) in [5.74, 6) is -0.852. The van der Waals surface area contributed by atoms with Gasteiger partial charge in [0.1, 0.15) is 16.6 Å². The summed E-state index contributed by atoms with van der Waals surface area (Å²) in [6.45, 7) is 1.69. The molecular formula is C17H12ClFN2O4. The first kappa shape index (κ1) is 16.9. The van der Waals surface area contributed by atoms with Crippen LogP contribution in [0.25, 0.3) is 16.7 Å². The van der Waals surface area contributed by atoms with Crippen molar-refractivity contribution >= 4 is 28.8 Å². The Hall–Kier alpha value is -2.93. The maximum absolute atomic E-state index is 14.2. The minimum Gasteiger partial charge on any atom is -0.434 e. The molecule has 128 valence electrons. The number of halogens is 2. The zero-order valence-corrected chi connectivity index (χ0v) is 13.8. The molecule has 25 heavy (non-hydrogen) atoms. The van der Waals surface area contributed by atoms with E-state index in [1.165, 1.54) is 41.1 Å². The van der Waals surface area contributed by atoms with E-state index in [0.29, 0.717) is 0 Å². The Kier molecular flexibility index (Phi) is 4.67. The highest BCUT2D eigenvalue weighted by Crippen LogP contribution is 2.22. The lowest BCUT2D eigenvalue weighted by Crippen LogP contribution is -2.19. The van der Waals surface area contributed by atoms with Crippen molar-refractivity contribution in [3.63, 3.8) is 0 Å². The third kappa shape index (κ3) is 3.32. The van der Waals surface area contributed by atoms with Gasteiger partial charge in [-0.3, -0.25) is 9.36 Å². The molecule has 0 fully saturated rings. The lowest BCUT2D eigenvalue weighted by molar-refractivity contribution is 0.104. The average molecular weight is 363 g/mol. The molecule has 8 heteroatoms. The highest BCUT2D eigenvalue weighted by Gasteiger charge is 2.17. The van der Waals surface area contributed by atoms with E-state index >= 15 is 0 Å². The predicted octanol–water partition coefficient (Wildman–Crippen LogP) is 3.71. The lowest BCUT2D eigenvalue weighted by Gasteiger charge is -2.13. The Morgan fingerprint density at radius 1 is 1.28 bits per heavy atom. The number of rotatable bonds is 3. The van der Waals surface area contributed by atoms with Gasteiger partial charge in [-0.1, -0.05) is 23.7 Å². The molecule has 0 spiro atoms. The Labute approximate surface area is 146 Å². The molecule has 0 radical (unpaired) electrons. The van der Waals surface area contributed by atoms with Crippen molar-refractivity contribution < 1.29 is 18.7 Å². The van der Waals surface area contributed by atoms with Crippen LogP contribution in [0.5, 0.6) is 5.75 Å². The third-order valence-electron chi connectivity index (χ3n) is 3.35. The second-order valence-corrected chi connectivity index (χ2v) is 5.32. The number of para-hydroxylation sites is 1. The summed E-state index contributed by atoms with van der Waals surface area (Å²) in [5, 5.41) is 0.255. The highest BCUT2D eigenvalue weighted by atomic mass is 35.5. The number of benzene rings is 1. The van der Waals surface area contributed by atoms with Crippen LogP contribution in [-0.2, 0) is 4.74 Å². The van der Waals surface area contributed by atoms with E-state index in [1.54, 1.807) is 13.0 Å². The number of carbonyl (C=O) groups excluding carboxylic acids is 1. The number of hydrogen-bond acceptors (Lipinski definition) is 5. The van der Waals surface area contributed by atoms with Crippen molar-refractivity contribution in [1.29, 1.82) is 0 Å². The lowest BCUT2D eigenvalue weighted by atomic mass is 10.2. The number of pyridine rings is 2. The van der Waals surface area contributed by atoms with Crippen LogP contribution in [0.3, 0.4) is 0 Å². The molecule has 2 aromatic heterocycles. The fraction of sp³-hybridized carbons (Fsp3) is 0.118. The maximum atomic E-state index is 14.2. The van der Waals surface area contributed by atoms with Crippen molar-refractivity contribution in [3.8, 4) is 11.4 Å². The molecule has 2 heterocycles. The topological polar surface area (TPSA) is 70.4 Å². The summed E-state index contributed by atoms with van der Waals surface area (Å²) < 4.78 is 25.2. The summed E-state index contributed by atoms with van der Waals surface area (Å²) in [4.78, 5) is 28.2. The van der Waals surface area contributed by atoms with Gasteiger partial charge in [0.25, 0.3) is 0 Å². The van der Waals surface area contributed by atoms with Gasteiger partial charge in [0.15, 0.2) is 5.75 Å². The van der Waals surface area contributed by atoms with Crippen LogP contribution < -0.4 is 10.2 Å². The van der Waals surface area contributed by atoms with Crippen molar-refractivity contribution in [1.82, 2.24) is 9.55 Å². The molecule has 0 amide bonds. The highest BCUT2D eigenvalue weighted by molar-refractivity contribution is 6.29. The Morgan fingerprint density at radius 2 is 2.04 bits per heavy atom. The van der Waals surface area contributed by atoms with Gasteiger partial charge in [0.2, 0.25) is 5.43 Å². The quantitative estimate of drug-likeness (QED) is 0.524. The Morgan fingerprint density at radius 3 is 2.76 bits per heavy atom. The molecule has 0 aliphatic carbocycles. The van der Waals surface area contributed by atoms with Crippen LogP contribution in [0.1, 0.15) is 6.92 Å². The Bertz CT molecular complexity index is 1020. The number of aromatic nitrogens is 2. The van der Waals surface area contributed by atoms with E-state index in [1.807, 2.05) is 0 Å². The summed E-state index contributed by atoms with van der Waals surface area (Å²) in [7, 11) is 0. The van der Waals surface area contributed by atoms with Gasteiger partial charge in [-0.25, -0.2) is 14.2 Å². The van der Waals surface area contributed by atoms with Crippen LogP contribution in [0.2, 0.25) is 5.15 Å². The van der Waals surface area contributed by atoms with Crippen LogP contribution in [0, 0.1) is 5.82 Å². The second kappa shape index (κ2) is 6.90. The van der Waals surface area contributed by atoms with Gasteiger partial charge >= 0.3 is 6.16 Å².